The molecule has 20 heavy (non-hydrogen) atoms. The molecule has 2 fully saturated rings. The summed E-state index contributed by atoms with van der Waals surface area (Å²) in [6.07, 6.45) is 15.4. The molecule has 0 radical (unpaired) electrons. The zero-order valence-corrected chi connectivity index (χ0v) is 13.1. The van der Waals surface area contributed by atoms with Crippen LogP contribution in [0.3, 0.4) is 0 Å². The second kappa shape index (κ2) is 8.66. The molecular formula is C17H31NO2. The number of esters is 1. The Balaban J connectivity index is 1.86. The predicted molar refractivity (Wildman–Crippen MR) is 81.7 cm³/mol. The van der Waals surface area contributed by atoms with Gasteiger partial charge in [0.25, 0.3) is 0 Å². The van der Waals surface area contributed by atoms with Crippen molar-refractivity contribution in [1.29, 1.82) is 0 Å². The fraction of sp³-hybridized carbons (Fsp3) is 0.941. The molecule has 2 saturated carbocycles. The number of nitrogens with zero attached hydrogens (tertiary/aromatic N) is 1. The standard InChI is InChI=1S/C17H31NO2/c1-20-17(19)13-8-14-18(15-9-4-2-5-10-15)16-11-6-3-7-12-16/h15-16H,2-14H2,1H3. The molecular weight excluding hydrogens is 250 g/mol. The summed E-state index contributed by atoms with van der Waals surface area (Å²) in [5.74, 6) is -0.0581. The zero-order valence-electron chi connectivity index (χ0n) is 13.1. The lowest BCUT2D eigenvalue weighted by Crippen LogP contribution is -2.45. The smallest absolute Gasteiger partial charge is 0.305 e. The topological polar surface area (TPSA) is 29.5 Å². The Bertz CT molecular complexity index is 263. The van der Waals surface area contributed by atoms with Gasteiger partial charge in [0.05, 0.1) is 7.11 Å². The highest BCUT2D eigenvalue weighted by molar-refractivity contribution is 5.69. The lowest BCUT2D eigenvalue weighted by molar-refractivity contribution is -0.140. The molecule has 2 rings (SSSR count). The maximum absolute atomic E-state index is 11.3. The van der Waals surface area contributed by atoms with E-state index in [1.54, 1.807) is 0 Å². The Morgan fingerprint density at radius 2 is 1.45 bits per heavy atom. The van der Waals surface area contributed by atoms with Gasteiger partial charge in [-0.1, -0.05) is 38.5 Å². The molecule has 0 atom stereocenters. The Morgan fingerprint density at radius 1 is 0.950 bits per heavy atom. The molecule has 2 aliphatic carbocycles. The first-order chi connectivity index (χ1) is 9.81. The Morgan fingerprint density at radius 3 is 1.90 bits per heavy atom. The molecule has 0 unspecified atom stereocenters. The molecule has 3 nitrogen and oxygen atoms in total. The van der Waals surface area contributed by atoms with Crippen molar-refractivity contribution in [3.8, 4) is 0 Å². The van der Waals surface area contributed by atoms with Crippen LogP contribution in [0.5, 0.6) is 0 Å². The number of hydrogen-bond donors (Lipinski definition) is 0. The minimum absolute atomic E-state index is 0.0581. The largest absolute Gasteiger partial charge is 0.469 e. The molecule has 0 amide bonds. The maximum Gasteiger partial charge on any atom is 0.305 e. The summed E-state index contributed by atoms with van der Waals surface area (Å²) in [6, 6.07) is 1.56. The molecule has 0 aromatic carbocycles. The van der Waals surface area contributed by atoms with Crippen molar-refractivity contribution < 1.29 is 9.53 Å². The van der Waals surface area contributed by atoms with E-state index >= 15 is 0 Å². The van der Waals surface area contributed by atoms with Gasteiger partial charge in [0.2, 0.25) is 0 Å². The van der Waals surface area contributed by atoms with Crippen molar-refractivity contribution in [2.24, 2.45) is 0 Å². The van der Waals surface area contributed by atoms with Crippen molar-refractivity contribution in [3.63, 3.8) is 0 Å². The van der Waals surface area contributed by atoms with E-state index in [-0.39, 0.29) is 5.97 Å². The van der Waals surface area contributed by atoms with Crippen LogP contribution >= 0.6 is 0 Å². The van der Waals surface area contributed by atoms with Gasteiger partial charge < -0.3 is 4.74 Å². The average Bonchev–Trinajstić information content (AvgIpc) is 2.53. The van der Waals surface area contributed by atoms with Gasteiger partial charge in [-0.05, 0) is 38.6 Å². The van der Waals surface area contributed by atoms with Crippen molar-refractivity contribution in [3.05, 3.63) is 0 Å². The molecule has 0 aliphatic heterocycles. The first kappa shape index (κ1) is 15.8. The van der Waals surface area contributed by atoms with Crippen LogP contribution in [0.1, 0.15) is 77.0 Å². The molecule has 0 saturated heterocycles. The van der Waals surface area contributed by atoms with Crippen LogP contribution in [-0.4, -0.2) is 36.6 Å². The highest BCUT2D eigenvalue weighted by Gasteiger charge is 2.28. The van der Waals surface area contributed by atoms with Crippen LogP contribution in [0, 0.1) is 0 Å². The molecule has 2 aliphatic rings. The fourth-order valence-electron chi connectivity index (χ4n) is 4.00. The van der Waals surface area contributed by atoms with Crippen LogP contribution in [0.15, 0.2) is 0 Å². The highest BCUT2D eigenvalue weighted by atomic mass is 16.5. The second-order valence-electron chi connectivity index (χ2n) is 6.50. The number of carbonyl (C=O) groups is 1. The summed E-state index contributed by atoms with van der Waals surface area (Å²) < 4.78 is 4.77. The third-order valence-electron chi connectivity index (χ3n) is 5.11. The predicted octanol–water partition coefficient (Wildman–Crippen LogP) is 3.91. The quantitative estimate of drug-likeness (QED) is 0.691. The number of carbonyl (C=O) groups excluding carboxylic acids is 1. The minimum atomic E-state index is -0.0581. The van der Waals surface area contributed by atoms with Gasteiger partial charge >= 0.3 is 5.97 Å². The van der Waals surface area contributed by atoms with Gasteiger partial charge in [-0.2, -0.15) is 0 Å². The van der Waals surface area contributed by atoms with Crippen molar-refractivity contribution in [1.82, 2.24) is 4.90 Å². The minimum Gasteiger partial charge on any atom is -0.469 e. The lowest BCUT2D eigenvalue weighted by atomic mass is 9.88. The van der Waals surface area contributed by atoms with E-state index in [1.165, 1.54) is 71.3 Å². The molecule has 116 valence electrons. The van der Waals surface area contributed by atoms with Gasteiger partial charge in [-0.15, -0.1) is 0 Å². The van der Waals surface area contributed by atoms with E-state index in [1.807, 2.05) is 0 Å². The normalized spacial score (nSPS) is 22.1. The van der Waals surface area contributed by atoms with Crippen molar-refractivity contribution in [2.45, 2.75) is 89.1 Å². The molecule has 3 heteroatoms. The molecule has 0 aromatic heterocycles. The van der Waals surface area contributed by atoms with Gasteiger partial charge in [-0.3, -0.25) is 9.69 Å². The first-order valence-electron chi connectivity index (χ1n) is 8.64. The lowest BCUT2D eigenvalue weighted by Gasteiger charge is -2.41. The van der Waals surface area contributed by atoms with Crippen molar-refractivity contribution in [2.75, 3.05) is 13.7 Å². The Kier molecular flexibility index (Phi) is 6.85. The first-order valence-corrected chi connectivity index (χ1v) is 8.64. The SMILES string of the molecule is COC(=O)CCCN(C1CCCCC1)C1CCCCC1. The average molecular weight is 281 g/mol. The zero-order chi connectivity index (χ0) is 14.2. The van der Waals surface area contributed by atoms with E-state index in [9.17, 15) is 4.79 Å². The summed E-state index contributed by atoms with van der Waals surface area (Å²) in [4.78, 5) is 14.1. The number of ether oxygens (including phenoxy) is 1. The third kappa shape index (κ3) is 4.76. The van der Waals surface area contributed by atoms with Gasteiger partial charge in [-0.25, -0.2) is 0 Å². The van der Waals surface area contributed by atoms with Crippen LogP contribution in [0.4, 0.5) is 0 Å². The molecule has 0 aromatic rings. The number of rotatable bonds is 6. The highest BCUT2D eigenvalue weighted by Crippen LogP contribution is 2.30. The second-order valence-corrected chi connectivity index (χ2v) is 6.50. The van der Waals surface area contributed by atoms with E-state index < -0.39 is 0 Å². The van der Waals surface area contributed by atoms with E-state index in [4.69, 9.17) is 4.74 Å². The summed E-state index contributed by atoms with van der Waals surface area (Å²) in [5, 5.41) is 0. The summed E-state index contributed by atoms with van der Waals surface area (Å²) >= 11 is 0. The summed E-state index contributed by atoms with van der Waals surface area (Å²) in [5.41, 5.74) is 0. The molecule has 0 heterocycles. The van der Waals surface area contributed by atoms with E-state index in [0.717, 1.165) is 25.0 Å². The number of hydrogen-bond acceptors (Lipinski definition) is 3. The maximum atomic E-state index is 11.3. The van der Waals surface area contributed by atoms with E-state index in [0.29, 0.717) is 6.42 Å². The van der Waals surface area contributed by atoms with Gasteiger partial charge in [0, 0.05) is 18.5 Å². The molecule has 0 spiro atoms. The van der Waals surface area contributed by atoms with Gasteiger partial charge in [0.1, 0.15) is 0 Å². The van der Waals surface area contributed by atoms with Crippen LogP contribution in [-0.2, 0) is 9.53 Å². The number of methoxy groups -OCH3 is 1. The Hall–Kier alpha value is -0.570. The van der Waals surface area contributed by atoms with Gasteiger partial charge in [0.15, 0.2) is 0 Å². The monoisotopic (exact) mass is 281 g/mol. The molecule has 0 N–H and O–H groups in total. The van der Waals surface area contributed by atoms with Crippen molar-refractivity contribution >= 4 is 5.97 Å². The molecule has 0 bridgehead atoms. The summed E-state index contributed by atoms with van der Waals surface area (Å²) in [7, 11) is 1.49. The Labute approximate surface area is 124 Å². The third-order valence-corrected chi connectivity index (χ3v) is 5.11. The summed E-state index contributed by atoms with van der Waals surface area (Å²) in [6.45, 7) is 1.09. The van der Waals surface area contributed by atoms with E-state index in [2.05, 4.69) is 4.90 Å². The van der Waals surface area contributed by atoms with Crippen LogP contribution in [0.2, 0.25) is 0 Å². The van der Waals surface area contributed by atoms with Crippen LogP contribution < -0.4 is 0 Å². The fourth-order valence-corrected chi connectivity index (χ4v) is 4.00. The van der Waals surface area contributed by atoms with Crippen LogP contribution in [0.25, 0.3) is 0 Å².